The van der Waals surface area contributed by atoms with E-state index in [-0.39, 0.29) is 13.0 Å². The summed E-state index contributed by atoms with van der Waals surface area (Å²) in [5.74, 6) is -2.42. The Labute approximate surface area is 76.0 Å². The van der Waals surface area contributed by atoms with E-state index in [0.717, 1.165) is 0 Å². The van der Waals surface area contributed by atoms with Crippen molar-refractivity contribution in [3.8, 4) is 0 Å². The number of hydrogen-bond donors (Lipinski definition) is 1. The maximum atomic E-state index is 11.9. The highest BCUT2D eigenvalue weighted by Crippen LogP contribution is 2.19. The summed E-state index contributed by atoms with van der Waals surface area (Å²) >= 11 is 0. The topological polar surface area (TPSA) is 24.9 Å². The van der Waals surface area contributed by atoms with Crippen LogP contribution in [0.3, 0.4) is 0 Å². The number of rotatable bonds is 0. The van der Waals surface area contributed by atoms with Gasteiger partial charge in [0.1, 0.15) is 0 Å². The Morgan fingerprint density at radius 2 is 1.85 bits per heavy atom. The van der Waals surface area contributed by atoms with E-state index in [4.69, 9.17) is 0 Å². The summed E-state index contributed by atoms with van der Waals surface area (Å²) in [6, 6.07) is 5.72. The Balaban J connectivity index is 0.000000132. The summed E-state index contributed by atoms with van der Waals surface area (Å²) in [6.45, 7) is 0.333. The number of halogens is 2. The van der Waals surface area contributed by atoms with Crippen LogP contribution >= 0.6 is 0 Å². The van der Waals surface area contributed by atoms with Crippen LogP contribution in [0.15, 0.2) is 30.6 Å². The number of nitrogens with zero attached hydrogens (tertiary/aromatic N) is 1. The van der Waals surface area contributed by atoms with E-state index in [0.29, 0.717) is 6.54 Å². The second-order valence-corrected chi connectivity index (χ2v) is 2.81. The lowest BCUT2D eigenvalue weighted by Gasteiger charge is -2.02. The van der Waals surface area contributed by atoms with Crippen molar-refractivity contribution in [2.45, 2.75) is 12.3 Å². The molecule has 1 aromatic rings. The third-order valence-electron chi connectivity index (χ3n) is 1.62. The molecule has 2 rings (SSSR count). The lowest BCUT2D eigenvalue weighted by Crippen LogP contribution is -2.18. The number of aromatic nitrogens is 1. The molecule has 4 heteroatoms. The lowest BCUT2D eigenvalue weighted by molar-refractivity contribution is 0.0238. The fourth-order valence-corrected chi connectivity index (χ4v) is 0.944. The van der Waals surface area contributed by atoms with Crippen LogP contribution < -0.4 is 5.32 Å². The van der Waals surface area contributed by atoms with Crippen LogP contribution in [0.25, 0.3) is 0 Å². The summed E-state index contributed by atoms with van der Waals surface area (Å²) < 4.78 is 23.8. The maximum Gasteiger partial charge on any atom is 0.261 e. The lowest BCUT2D eigenvalue weighted by atomic mass is 10.3. The molecule has 1 N–H and O–H groups in total. The molecule has 0 unspecified atom stereocenters. The molecule has 1 aliphatic rings. The molecule has 2 nitrogen and oxygen atoms in total. The molecule has 13 heavy (non-hydrogen) atoms. The van der Waals surface area contributed by atoms with Crippen molar-refractivity contribution in [1.82, 2.24) is 10.3 Å². The highest BCUT2D eigenvalue weighted by atomic mass is 19.3. The predicted molar refractivity (Wildman–Crippen MR) is 46.7 cm³/mol. The van der Waals surface area contributed by atoms with E-state index in [1.807, 2.05) is 18.2 Å². The van der Waals surface area contributed by atoms with Gasteiger partial charge >= 0.3 is 0 Å². The van der Waals surface area contributed by atoms with Crippen LogP contribution in [0, 0.1) is 0 Å². The standard InChI is InChI=1S/C5H5N.C4H7F2N/c1-2-4-6-5-3-1;5-4(6)1-2-7-3-4/h1-5H;7H,1-3H2. The Kier molecular flexibility index (Phi) is 3.76. The molecule has 0 saturated carbocycles. The molecule has 0 aliphatic carbocycles. The van der Waals surface area contributed by atoms with E-state index < -0.39 is 5.92 Å². The molecular weight excluding hydrogens is 174 g/mol. The zero-order valence-corrected chi connectivity index (χ0v) is 7.21. The number of hydrogen-bond acceptors (Lipinski definition) is 2. The van der Waals surface area contributed by atoms with Crippen molar-refractivity contribution >= 4 is 0 Å². The smallest absolute Gasteiger partial charge is 0.261 e. The van der Waals surface area contributed by atoms with Crippen LogP contribution in [0.1, 0.15) is 6.42 Å². The molecule has 1 fully saturated rings. The largest absolute Gasteiger partial charge is 0.311 e. The molecular formula is C9H12F2N2. The fourth-order valence-electron chi connectivity index (χ4n) is 0.944. The minimum Gasteiger partial charge on any atom is -0.311 e. The van der Waals surface area contributed by atoms with E-state index >= 15 is 0 Å². The second kappa shape index (κ2) is 4.87. The number of pyridine rings is 1. The van der Waals surface area contributed by atoms with Crippen molar-refractivity contribution in [2.75, 3.05) is 13.1 Å². The van der Waals surface area contributed by atoms with Gasteiger partial charge in [0.2, 0.25) is 0 Å². The quantitative estimate of drug-likeness (QED) is 0.667. The molecule has 0 spiro atoms. The molecule has 2 heterocycles. The molecule has 0 atom stereocenters. The summed E-state index contributed by atoms with van der Waals surface area (Å²) in [5, 5.41) is 2.56. The molecule has 1 aromatic heterocycles. The van der Waals surface area contributed by atoms with Gasteiger partial charge in [0, 0.05) is 25.4 Å². The SMILES string of the molecule is FC1(F)CCNC1.c1ccncc1. The molecule has 0 bridgehead atoms. The van der Waals surface area contributed by atoms with Crippen molar-refractivity contribution in [3.63, 3.8) is 0 Å². The van der Waals surface area contributed by atoms with Gasteiger partial charge in [0.05, 0.1) is 6.54 Å². The van der Waals surface area contributed by atoms with Crippen LogP contribution in [0.2, 0.25) is 0 Å². The third-order valence-corrected chi connectivity index (χ3v) is 1.62. The molecule has 72 valence electrons. The highest BCUT2D eigenvalue weighted by Gasteiger charge is 2.32. The molecule has 0 radical (unpaired) electrons. The Bertz CT molecular complexity index is 192. The Morgan fingerprint density at radius 3 is 2.00 bits per heavy atom. The van der Waals surface area contributed by atoms with E-state index in [1.165, 1.54) is 0 Å². The maximum absolute atomic E-state index is 11.9. The molecule has 0 amide bonds. The highest BCUT2D eigenvalue weighted by molar-refractivity contribution is 4.88. The van der Waals surface area contributed by atoms with Gasteiger partial charge in [0.15, 0.2) is 0 Å². The van der Waals surface area contributed by atoms with Gasteiger partial charge in [-0.15, -0.1) is 0 Å². The van der Waals surface area contributed by atoms with Gasteiger partial charge in [-0.05, 0) is 12.1 Å². The average Bonchev–Trinajstić information content (AvgIpc) is 2.54. The molecule has 1 aliphatic heterocycles. The summed E-state index contributed by atoms with van der Waals surface area (Å²) in [6.07, 6.45) is 3.51. The van der Waals surface area contributed by atoms with Gasteiger partial charge in [-0.3, -0.25) is 4.98 Å². The van der Waals surface area contributed by atoms with Gasteiger partial charge < -0.3 is 5.32 Å². The summed E-state index contributed by atoms with van der Waals surface area (Å²) in [4.78, 5) is 3.78. The van der Waals surface area contributed by atoms with Crippen molar-refractivity contribution in [2.24, 2.45) is 0 Å². The fraction of sp³-hybridized carbons (Fsp3) is 0.444. The van der Waals surface area contributed by atoms with Gasteiger partial charge in [-0.25, -0.2) is 8.78 Å². The third kappa shape index (κ3) is 4.52. The van der Waals surface area contributed by atoms with Crippen LogP contribution in [0.4, 0.5) is 8.78 Å². The first-order valence-electron chi connectivity index (χ1n) is 4.14. The zero-order valence-electron chi connectivity index (χ0n) is 7.21. The predicted octanol–water partition coefficient (Wildman–Crippen LogP) is 1.70. The van der Waals surface area contributed by atoms with Gasteiger partial charge in [-0.2, -0.15) is 0 Å². The Hall–Kier alpha value is -1.03. The first-order chi connectivity index (χ1) is 6.21. The van der Waals surface area contributed by atoms with Gasteiger partial charge in [0.25, 0.3) is 5.92 Å². The average molecular weight is 186 g/mol. The normalized spacial score (nSPS) is 18.9. The van der Waals surface area contributed by atoms with Crippen molar-refractivity contribution in [3.05, 3.63) is 30.6 Å². The minimum atomic E-state index is -2.42. The van der Waals surface area contributed by atoms with Gasteiger partial charge in [-0.1, -0.05) is 6.07 Å². The van der Waals surface area contributed by atoms with Crippen LogP contribution in [-0.4, -0.2) is 24.0 Å². The summed E-state index contributed by atoms with van der Waals surface area (Å²) in [5.41, 5.74) is 0. The molecule has 0 aromatic carbocycles. The van der Waals surface area contributed by atoms with Crippen LogP contribution in [0.5, 0.6) is 0 Å². The minimum absolute atomic E-state index is 0.00694. The monoisotopic (exact) mass is 186 g/mol. The molecule has 1 saturated heterocycles. The second-order valence-electron chi connectivity index (χ2n) is 2.81. The van der Waals surface area contributed by atoms with E-state index in [2.05, 4.69) is 10.3 Å². The number of alkyl halides is 2. The van der Waals surface area contributed by atoms with Crippen molar-refractivity contribution < 1.29 is 8.78 Å². The van der Waals surface area contributed by atoms with Crippen LogP contribution in [-0.2, 0) is 0 Å². The number of nitrogens with one attached hydrogen (secondary N) is 1. The Morgan fingerprint density at radius 1 is 1.15 bits per heavy atom. The van der Waals surface area contributed by atoms with E-state index in [1.54, 1.807) is 12.4 Å². The van der Waals surface area contributed by atoms with Crippen molar-refractivity contribution in [1.29, 1.82) is 0 Å². The zero-order chi connectivity index (χ0) is 9.57. The first-order valence-corrected chi connectivity index (χ1v) is 4.14. The summed E-state index contributed by atoms with van der Waals surface area (Å²) in [7, 11) is 0. The first kappa shape index (κ1) is 10.1. The van der Waals surface area contributed by atoms with E-state index in [9.17, 15) is 8.78 Å².